The number of hydrogen-bond acceptors (Lipinski definition) is 6. The van der Waals surface area contributed by atoms with E-state index in [1.165, 1.54) is 43.3 Å². The summed E-state index contributed by atoms with van der Waals surface area (Å²) in [6, 6.07) is 9.34. The molecule has 2 aromatic carbocycles. The maximum absolute atomic E-state index is 12.5. The number of Topliss-reactive ketones (excluding diaryl/α,β-unsaturated/α-hetero) is 1. The number of non-ortho nitro benzene ring substituents is 1. The Hall–Kier alpha value is -2.74. The van der Waals surface area contributed by atoms with E-state index in [-0.39, 0.29) is 22.1 Å². The van der Waals surface area contributed by atoms with Gasteiger partial charge < -0.3 is 4.18 Å². The molecule has 0 radical (unpaired) electrons. The molecule has 8 heteroatoms. The van der Waals surface area contributed by atoms with E-state index in [0.29, 0.717) is 17.5 Å². The summed E-state index contributed by atoms with van der Waals surface area (Å²) in [5, 5.41) is 10.9. The van der Waals surface area contributed by atoms with Crippen LogP contribution >= 0.6 is 0 Å². The van der Waals surface area contributed by atoms with Crippen molar-refractivity contribution in [3.05, 3.63) is 63.7 Å². The van der Waals surface area contributed by atoms with Crippen LogP contribution in [0.25, 0.3) is 0 Å². The molecule has 0 heterocycles. The second kappa shape index (κ2) is 6.79. The molecule has 0 saturated heterocycles. The van der Waals surface area contributed by atoms with Gasteiger partial charge in [-0.25, -0.2) is 0 Å². The fraction of sp³-hybridized carbons (Fsp3) is 0.188. The van der Waals surface area contributed by atoms with Crippen molar-refractivity contribution >= 4 is 21.6 Å². The first-order valence-corrected chi connectivity index (χ1v) is 8.48. The molecule has 0 bridgehead atoms. The van der Waals surface area contributed by atoms with Crippen molar-refractivity contribution in [3.8, 4) is 5.75 Å². The third-order valence-electron chi connectivity index (χ3n) is 3.36. The molecule has 7 nitrogen and oxygen atoms in total. The summed E-state index contributed by atoms with van der Waals surface area (Å²) in [4.78, 5) is 21.3. The van der Waals surface area contributed by atoms with Crippen LogP contribution in [-0.2, 0) is 16.5 Å². The molecule has 0 atom stereocenters. The van der Waals surface area contributed by atoms with Crippen LogP contribution in [0, 0.1) is 10.1 Å². The molecule has 0 aliphatic rings. The summed E-state index contributed by atoms with van der Waals surface area (Å²) >= 11 is 0. The smallest absolute Gasteiger partial charge is 0.339 e. The van der Waals surface area contributed by atoms with Crippen molar-refractivity contribution in [2.24, 2.45) is 0 Å². The summed E-state index contributed by atoms with van der Waals surface area (Å²) in [6.45, 7) is 3.08. The van der Waals surface area contributed by atoms with Crippen molar-refractivity contribution in [2.75, 3.05) is 0 Å². The fourth-order valence-electron chi connectivity index (χ4n) is 2.12. The van der Waals surface area contributed by atoms with Crippen molar-refractivity contribution in [2.45, 2.75) is 25.2 Å². The highest BCUT2D eigenvalue weighted by Crippen LogP contribution is 2.26. The van der Waals surface area contributed by atoms with Gasteiger partial charge >= 0.3 is 10.1 Å². The van der Waals surface area contributed by atoms with Crippen LogP contribution in [0.2, 0.25) is 0 Å². The van der Waals surface area contributed by atoms with Crippen molar-refractivity contribution in [1.82, 2.24) is 0 Å². The van der Waals surface area contributed by atoms with E-state index in [1.807, 2.05) is 0 Å². The molecule has 0 aliphatic heterocycles. The average Bonchev–Trinajstić information content (AvgIpc) is 2.53. The molecule has 2 rings (SSSR count). The average molecular weight is 349 g/mol. The van der Waals surface area contributed by atoms with Crippen LogP contribution in [0.15, 0.2) is 47.4 Å². The first-order valence-electron chi connectivity index (χ1n) is 7.07. The Labute approximate surface area is 139 Å². The van der Waals surface area contributed by atoms with Gasteiger partial charge in [-0.3, -0.25) is 14.9 Å². The third kappa shape index (κ3) is 3.77. The Morgan fingerprint density at radius 1 is 1.21 bits per heavy atom. The van der Waals surface area contributed by atoms with Gasteiger partial charge in [-0.1, -0.05) is 25.1 Å². The zero-order chi connectivity index (χ0) is 17.9. The molecule has 0 aromatic heterocycles. The zero-order valence-electron chi connectivity index (χ0n) is 13.1. The van der Waals surface area contributed by atoms with E-state index in [1.54, 1.807) is 6.92 Å². The number of nitro groups is 1. The van der Waals surface area contributed by atoms with Crippen LogP contribution in [0.1, 0.15) is 29.8 Å². The van der Waals surface area contributed by atoms with Crippen molar-refractivity contribution < 1.29 is 22.3 Å². The lowest BCUT2D eigenvalue weighted by Gasteiger charge is -2.11. The van der Waals surface area contributed by atoms with E-state index in [0.717, 1.165) is 6.07 Å². The number of nitro benzene ring substituents is 1. The number of hydrogen-bond donors (Lipinski definition) is 0. The molecular weight excluding hydrogens is 334 g/mol. The van der Waals surface area contributed by atoms with Crippen LogP contribution in [0.3, 0.4) is 0 Å². The van der Waals surface area contributed by atoms with E-state index in [2.05, 4.69) is 0 Å². The van der Waals surface area contributed by atoms with Gasteiger partial charge in [-0.05, 0) is 31.0 Å². The minimum absolute atomic E-state index is 0.0312. The van der Waals surface area contributed by atoms with Gasteiger partial charge in [0.2, 0.25) is 0 Å². The van der Waals surface area contributed by atoms with E-state index >= 15 is 0 Å². The Bertz CT molecular complexity index is 905. The van der Waals surface area contributed by atoms with Crippen LogP contribution in [0.5, 0.6) is 5.75 Å². The fourth-order valence-corrected chi connectivity index (χ4v) is 3.37. The Balaban J connectivity index is 2.47. The maximum Gasteiger partial charge on any atom is 0.339 e. The van der Waals surface area contributed by atoms with Crippen LogP contribution < -0.4 is 4.18 Å². The molecule has 2 aromatic rings. The summed E-state index contributed by atoms with van der Waals surface area (Å²) in [5.41, 5.74) is 0.368. The SMILES string of the molecule is CCc1ccc([N+](=O)[O-])cc1S(=O)(=O)Oc1cccc(C(C)=O)c1. The Kier molecular flexibility index (Phi) is 4.99. The lowest BCUT2D eigenvalue weighted by atomic mass is 10.1. The minimum atomic E-state index is -4.27. The Morgan fingerprint density at radius 2 is 1.92 bits per heavy atom. The maximum atomic E-state index is 12.5. The molecular formula is C16H15NO6S. The van der Waals surface area contributed by atoms with Gasteiger partial charge in [-0.15, -0.1) is 0 Å². The van der Waals surface area contributed by atoms with Gasteiger partial charge in [0.1, 0.15) is 10.6 Å². The molecule has 0 saturated carbocycles. The van der Waals surface area contributed by atoms with Gasteiger partial charge in [0, 0.05) is 17.7 Å². The summed E-state index contributed by atoms with van der Waals surface area (Å²) in [5.74, 6) is -0.265. The normalized spacial score (nSPS) is 11.1. The lowest BCUT2D eigenvalue weighted by molar-refractivity contribution is -0.385. The predicted octanol–water partition coefficient (Wildman–Crippen LogP) is 3.13. The number of benzene rings is 2. The summed E-state index contributed by atoms with van der Waals surface area (Å²) < 4.78 is 30.1. The highest BCUT2D eigenvalue weighted by molar-refractivity contribution is 7.87. The molecule has 0 amide bonds. The largest absolute Gasteiger partial charge is 0.379 e. The molecule has 0 N–H and O–H groups in total. The number of rotatable bonds is 6. The topological polar surface area (TPSA) is 104 Å². The van der Waals surface area contributed by atoms with Gasteiger partial charge in [0.15, 0.2) is 5.78 Å². The first kappa shape index (κ1) is 17.6. The zero-order valence-corrected chi connectivity index (χ0v) is 13.9. The lowest BCUT2D eigenvalue weighted by Crippen LogP contribution is -2.13. The highest BCUT2D eigenvalue weighted by atomic mass is 32.2. The van der Waals surface area contributed by atoms with Crippen LogP contribution in [-0.4, -0.2) is 19.1 Å². The van der Waals surface area contributed by atoms with Gasteiger partial charge in [0.25, 0.3) is 5.69 Å². The second-order valence-corrected chi connectivity index (χ2v) is 6.54. The molecule has 0 fully saturated rings. The number of nitrogens with zero attached hydrogens (tertiary/aromatic N) is 1. The van der Waals surface area contributed by atoms with Crippen LogP contribution in [0.4, 0.5) is 5.69 Å². The molecule has 0 spiro atoms. The van der Waals surface area contributed by atoms with E-state index in [4.69, 9.17) is 4.18 Å². The molecule has 0 aliphatic carbocycles. The standard InChI is InChI=1S/C16H15NO6S/c1-3-12-7-8-14(17(19)20)10-16(12)24(21,22)23-15-6-4-5-13(9-15)11(2)18/h4-10H,3H2,1-2H3. The molecule has 0 unspecified atom stereocenters. The number of carbonyl (C=O) groups excluding carboxylic acids is 1. The highest BCUT2D eigenvalue weighted by Gasteiger charge is 2.23. The predicted molar refractivity (Wildman–Crippen MR) is 86.7 cm³/mol. The first-order chi connectivity index (χ1) is 11.2. The molecule has 126 valence electrons. The third-order valence-corrected chi connectivity index (χ3v) is 4.69. The summed E-state index contributed by atoms with van der Waals surface area (Å²) in [7, 11) is -4.27. The number of aryl methyl sites for hydroxylation is 1. The quantitative estimate of drug-likeness (QED) is 0.343. The number of ketones is 1. The number of carbonyl (C=O) groups is 1. The van der Waals surface area contributed by atoms with Gasteiger partial charge in [0.05, 0.1) is 4.92 Å². The van der Waals surface area contributed by atoms with E-state index < -0.39 is 15.0 Å². The molecule has 24 heavy (non-hydrogen) atoms. The van der Waals surface area contributed by atoms with Crippen molar-refractivity contribution in [1.29, 1.82) is 0 Å². The Morgan fingerprint density at radius 3 is 2.50 bits per heavy atom. The van der Waals surface area contributed by atoms with Crippen molar-refractivity contribution in [3.63, 3.8) is 0 Å². The van der Waals surface area contributed by atoms with Gasteiger partial charge in [-0.2, -0.15) is 8.42 Å². The summed E-state index contributed by atoms with van der Waals surface area (Å²) in [6.07, 6.45) is 0.364. The monoisotopic (exact) mass is 349 g/mol. The van der Waals surface area contributed by atoms with E-state index in [9.17, 15) is 23.3 Å². The minimum Gasteiger partial charge on any atom is -0.379 e. The second-order valence-electron chi connectivity index (χ2n) is 5.02.